The minimum atomic E-state index is -1.12. The van der Waals surface area contributed by atoms with Crippen molar-refractivity contribution in [3.8, 4) is 0 Å². The second kappa shape index (κ2) is 16.3. The lowest BCUT2D eigenvalue weighted by Gasteiger charge is -2.28. The molecule has 2 heterocycles. The van der Waals surface area contributed by atoms with Crippen molar-refractivity contribution in [2.75, 3.05) is 26.8 Å². The Bertz CT molecular complexity index is 1580. The predicted molar refractivity (Wildman–Crippen MR) is 186 cm³/mol. The number of nitrogens with one attached hydrogen (secondary N) is 1. The van der Waals surface area contributed by atoms with Crippen molar-refractivity contribution in [3.05, 3.63) is 76.9 Å². The minimum Gasteiger partial charge on any atom is -0.480 e. The van der Waals surface area contributed by atoms with Gasteiger partial charge in [-0.05, 0) is 40.4 Å². The van der Waals surface area contributed by atoms with Gasteiger partial charge in [-0.15, -0.1) is 0 Å². The van der Waals surface area contributed by atoms with Crippen molar-refractivity contribution in [1.29, 1.82) is 0 Å². The number of rotatable bonds is 13. The van der Waals surface area contributed by atoms with Crippen molar-refractivity contribution >= 4 is 36.0 Å². The fourth-order valence-corrected chi connectivity index (χ4v) is 6.18. The van der Waals surface area contributed by atoms with E-state index in [1.165, 1.54) is 7.11 Å². The first-order valence-electron chi connectivity index (χ1n) is 16.9. The van der Waals surface area contributed by atoms with Crippen molar-refractivity contribution in [2.45, 2.75) is 85.2 Å². The Balaban J connectivity index is 1.28. The molecule has 270 valence electrons. The highest BCUT2D eigenvalue weighted by molar-refractivity contribution is 5.98. The lowest BCUT2D eigenvalue weighted by molar-refractivity contribution is -0.145. The third-order valence-corrected chi connectivity index (χ3v) is 9.08. The maximum Gasteiger partial charge on any atom is 0.410 e. The van der Waals surface area contributed by atoms with E-state index < -0.39 is 47.7 Å². The van der Waals surface area contributed by atoms with Gasteiger partial charge >= 0.3 is 24.1 Å². The Morgan fingerprint density at radius 3 is 2.38 bits per heavy atom. The monoisotopic (exact) mass is 691 g/mol. The number of Topliss-reactive ketones (excluding diaryl/α,β-unsaturated/α-hetero) is 1. The van der Waals surface area contributed by atoms with E-state index in [4.69, 9.17) is 14.2 Å². The molecule has 2 aliphatic heterocycles. The minimum absolute atomic E-state index is 0.00682. The molecule has 2 aromatic carbocycles. The normalized spacial score (nSPS) is 18.4. The number of alkyl carbamates (subject to hydrolysis) is 1. The molecule has 0 aliphatic carbocycles. The van der Waals surface area contributed by atoms with Crippen LogP contribution in [0.25, 0.3) is 6.08 Å². The summed E-state index contributed by atoms with van der Waals surface area (Å²) in [6.45, 7) is 10.3. The maximum absolute atomic E-state index is 13.3. The maximum atomic E-state index is 13.3. The molecule has 1 fully saturated rings. The number of carbonyl (C=O) groups is 5. The first-order chi connectivity index (χ1) is 23.6. The number of carboxylic acid groups (broad SMARTS) is 1. The number of carboxylic acids is 1. The van der Waals surface area contributed by atoms with Crippen molar-refractivity contribution in [3.63, 3.8) is 0 Å². The van der Waals surface area contributed by atoms with Crippen LogP contribution >= 0.6 is 0 Å². The summed E-state index contributed by atoms with van der Waals surface area (Å²) in [7, 11) is 1.30. The molecule has 12 nitrogen and oxygen atoms in total. The average Bonchev–Trinajstić information content (AvgIpc) is 3.68. The molecule has 1 saturated heterocycles. The second-order valence-electron chi connectivity index (χ2n) is 14.8. The number of ketones is 1. The summed E-state index contributed by atoms with van der Waals surface area (Å²) in [5.74, 6) is -1.72. The lowest BCUT2D eigenvalue weighted by Crippen LogP contribution is -2.49. The Morgan fingerprint density at radius 2 is 1.72 bits per heavy atom. The van der Waals surface area contributed by atoms with Gasteiger partial charge in [0.15, 0.2) is 5.78 Å². The summed E-state index contributed by atoms with van der Waals surface area (Å²) in [5, 5.41) is 11.9. The number of aliphatic carboxylic acids is 1. The van der Waals surface area contributed by atoms with Gasteiger partial charge in [0, 0.05) is 25.1 Å². The molecule has 0 bridgehead atoms. The summed E-state index contributed by atoms with van der Waals surface area (Å²) in [6, 6.07) is 13.0. The van der Waals surface area contributed by atoms with Crippen LogP contribution in [0.4, 0.5) is 9.59 Å². The van der Waals surface area contributed by atoms with Crippen LogP contribution < -0.4 is 5.32 Å². The van der Waals surface area contributed by atoms with Crippen molar-refractivity contribution in [1.82, 2.24) is 15.1 Å². The molecule has 2 amide bonds. The predicted octanol–water partition coefficient (Wildman–Crippen LogP) is 5.68. The van der Waals surface area contributed by atoms with Crippen LogP contribution in [0.2, 0.25) is 0 Å². The molecule has 2 aliphatic rings. The topological polar surface area (TPSA) is 152 Å². The molecule has 2 N–H and O–H groups in total. The summed E-state index contributed by atoms with van der Waals surface area (Å²) in [4.78, 5) is 66.0. The number of allylic oxidation sites excluding steroid dienone is 1. The number of methoxy groups -OCH3 is 1. The van der Waals surface area contributed by atoms with E-state index in [0.717, 1.165) is 16.7 Å². The van der Waals surface area contributed by atoms with E-state index in [2.05, 4.69) is 11.4 Å². The largest absolute Gasteiger partial charge is 0.480 e. The quantitative estimate of drug-likeness (QED) is 0.152. The first-order valence-corrected chi connectivity index (χ1v) is 16.9. The number of hydrogen-bond acceptors (Lipinski definition) is 9. The zero-order valence-corrected chi connectivity index (χ0v) is 29.8. The van der Waals surface area contributed by atoms with Gasteiger partial charge in [0.1, 0.15) is 18.2 Å². The Morgan fingerprint density at radius 1 is 1.00 bits per heavy atom. The molecule has 1 unspecified atom stereocenters. The van der Waals surface area contributed by atoms with Crippen LogP contribution in [-0.4, -0.2) is 89.8 Å². The molecular weight excluding hydrogens is 642 g/mol. The molecule has 3 atom stereocenters. The van der Waals surface area contributed by atoms with Gasteiger partial charge in [-0.1, -0.05) is 95.3 Å². The second-order valence-corrected chi connectivity index (χ2v) is 14.8. The summed E-state index contributed by atoms with van der Waals surface area (Å²) in [6.07, 6.45) is 3.92. The summed E-state index contributed by atoms with van der Waals surface area (Å²) < 4.78 is 16.2. The fraction of sp³-hybridized carbons (Fsp3) is 0.500. The van der Waals surface area contributed by atoms with E-state index >= 15 is 0 Å². The van der Waals surface area contributed by atoms with Crippen molar-refractivity contribution in [2.24, 2.45) is 10.8 Å². The number of carbonyl (C=O) groups excluding carboxylic acids is 4. The number of nitrogens with zero attached hydrogens (tertiary/aromatic N) is 2. The van der Waals surface area contributed by atoms with E-state index in [1.54, 1.807) is 54.8 Å². The van der Waals surface area contributed by atoms with Crippen LogP contribution in [0.3, 0.4) is 0 Å². The number of hydrogen-bond donors (Lipinski definition) is 2. The molecule has 12 heteroatoms. The van der Waals surface area contributed by atoms with Gasteiger partial charge in [-0.3, -0.25) is 19.4 Å². The molecular formula is C38H49N3O9. The van der Waals surface area contributed by atoms with Crippen molar-refractivity contribution < 1.29 is 43.3 Å². The van der Waals surface area contributed by atoms with E-state index in [1.807, 2.05) is 44.2 Å². The third-order valence-electron chi connectivity index (χ3n) is 9.08. The zero-order chi connectivity index (χ0) is 36.6. The Kier molecular flexibility index (Phi) is 12.4. The highest BCUT2D eigenvalue weighted by Crippen LogP contribution is 2.30. The number of likely N-dealkylation sites (tertiary alicyclic amines) is 1. The number of esters is 1. The van der Waals surface area contributed by atoms with Crippen LogP contribution in [0.15, 0.2) is 54.6 Å². The standard InChI is InChI=1S/C38H49N3O9/c1-37(2,3)32(33(43)44)39-35(46)49-24-38(4,5)18-11-10-13-25-16-12-17-27-20-41(22-29(25)27)36(47)50-28-19-30(34(45)48-6)40(21-28)23-31(42)26-14-8-7-9-15-26/h7-10,12-17,28,30,32H,11,18-24H2,1-6H3,(H,39,46)(H,43,44)/t28?,30-,32+/m0/s1. The zero-order valence-electron chi connectivity index (χ0n) is 29.8. The highest BCUT2D eigenvalue weighted by Gasteiger charge is 2.41. The fourth-order valence-electron chi connectivity index (χ4n) is 6.18. The van der Waals surface area contributed by atoms with Gasteiger partial charge in [0.2, 0.25) is 0 Å². The average molecular weight is 692 g/mol. The molecule has 4 rings (SSSR count). The number of amides is 2. The first kappa shape index (κ1) is 38.1. The van der Waals surface area contributed by atoms with Crippen LogP contribution in [0, 0.1) is 10.8 Å². The van der Waals surface area contributed by atoms with Gasteiger partial charge in [0.05, 0.1) is 26.8 Å². The van der Waals surface area contributed by atoms with Gasteiger partial charge in [-0.2, -0.15) is 0 Å². The van der Waals surface area contributed by atoms with E-state index in [9.17, 15) is 29.1 Å². The SMILES string of the molecule is COC(=O)[C@@H]1CC(OC(=O)N2Cc3cccc(C=CCCC(C)(C)COC(=O)N[C@H](C(=O)O)C(C)(C)C)c3C2)CN1CC(=O)c1ccccc1. The molecule has 0 aromatic heterocycles. The molecule has 50 heavy (non-hydrogen) atoms. The Labute approximate surface area is 293 Å². The summed E-state index contributed by atoms with van der Waals surface area (Å²) in [5.41, 5.74) is 2.57. The van der Waals surface area contributed by atoms with Gasteiger partial charge in [0.25, 0.3) is 0 Å². The summed E-state index contributed by atoms with van der Waals surface area (Å²) >= 11 is 0. The molecule has 0 saturated carbocycles. The van der Waals surface area contributed by atoms with Crippen LogP contribution in [0.1, 0.15) is 80.9 Å². The highest BCUT2D eigenvalue weighted by atomic mass is 16.6. The molecule has 2 aromatic rings. The number of benzene rings is 2. The van der Waals surface area contributed by atoms with E-state index in [-0.39, 0.29) is 37.3 Å². The number of fused-ring (bicyclic) bond motifs is 1. The van der Waals surface area contributed by atoms with Gasteiger partial charge < -0.3 is 24.6 Å². The number of ether oxygens (including phenoxy) is 3. The smallest absolute Gasteiger partial charge is 0.410 e. The van der Waals surface area contributed by atoms with Gasteiger partial charge in [-0.25, -0.2) is 14.4 Å². The molecule has 0 radical (unpaired) electrons. The van der Waals surface area contributed by atoms with E-state index in [0.29, 0.717) is 31.5 Å². The molecule has 0 spiro atoms. The lowest BCUT2D eigenvalue weighted by atomic mass is 9.87. The van der Waals surface area contributed by atoms with Crippen LogP contribution in [0.5, 0.6) is 0 Å². The Hall–Kier alpha value is -4.71. The van der Waals surface area contributed by atoms with Crippen LogP contribution in [-0.2, 0) is 36.9 Å². The third kappa shape index (κ3) is 10.2.